The van der Waals surface area contributed by atoms with Crippen molar-refractivity contribution in [3.63, 3.8) is 0 Å². The van der Waals surface area contributed by atoms with Gasteiger partial charge in [-0.25, -0.2) is 4.39 Å². The van der Waals surface area contributed by atoms with Crippen molar-refractivity contribution < 1.29 is 14.3 Å². The summed E-state index contributed by atoms with van der Waals surface area (Å²) in [4.78, 5) is 11.0. The molecule has 1 atom stereocenters. The number of halogens is 1. The maximum atomic E-state index is 12.9. The maximum Gasteiger partial charge on any atom is 0.163 e. The van der Waals surface area contributed by atoms with Crippen molar-refractivity contribution in [3.05, 3.63) is 29.3 Å². The first-order chi connectivity index (χ1) is 6.04. The van der Waals surface area contributed by atoms with Crippen molar-refractivity contribution in [2.24, 2.45) is 0 Å². The van der Waals surface area contributed by atoms with Crippen LogP contribution in [0.5, 0.6) is 5.75 Å². The largest absolute Gasteiger partial charge is 0.507 e. The lowest BCUT2D eigenvalue weighted by Gasteiger charge is -2.07. The highest BCUT2D eigenvalue weighted by Crippen LogP contribution is 2.29. The van der Waals surface area contributed by atoms with Gasteiger partial charge in [0.05, 0.1) is 5.56 Å². The average molecular weight is 182 g/mol. The van der Waals surface area contributed by atoms with Crippen LogP contribution >= 0.6 is 0 Å². The normalized spacial score (nSPS) is 12.5. The van der Waals surface area contributed by atoms with Gasteiger partial charge in [0.1, 0.15) is 11.9 Å². The Bertz CT molecular complexity index is 332. The van der Waals surface area contributed by atoms with Crippen molar-refractivity contribution in [1.82, 2.24) is 0 Å². The van der Waals surface area contributed by atoms with E-state index in [-0.39, 0.29) is 22.7 Å². The fourth-order valence-electron chi connectivity index (χ4n) is 1.17. The Hall–Kier alpha value is -1.38. The van der Waals surface area contributed by atoms with E-state index in [0.717, 1.165) is 0 Å². The predicted molar refractivity (Wildman–Crippen MR) is 47.6 cm³/mol. The Kier molecular flexibility index (Phi) is 2.66. The van der Waals surface area contributed by atoms with Crippen LogP contribution in [-0.2, 0) is 0 Å². The van der Waals surface area contributed by atoms with E-state index < -0.39 is 6.17 Å². The Balaban J connectivity index is 3.26. The van der Waals surface area contributed by atoms with E-state index in [4.69, 9.17) is 0 Å². The smallest absolute Gasteiger partial charge is 0.163 e. The number of para-hydroxylation sites is 1. The molecule has 0 aliphatic carbocycles. The number of rotatable bonds is 2. The van der Waals surface area contributed by atoms with Gasteiger partial charge in [-0.15, -0.1) is 0 Å². The predicted octanol–water partition coefficient (Wildman–Crippen LogP) is 2.63. The number of aromatic hydroxyl groups is 1. The van der Waals surface area contributed by atoms with Crippen molar-refractivity contribution in [2.45, 2.75) is 20.0 Å². The number of hydrogen-bond donors (Lipinski definition) is 1. The Morgan fingerprint density at radius 3 is 2.62 bits per heavy atom. The minimum Gasteiger partial charge on any atom is -0.507 e. The van der Waals surface area contributed by atoms with Gasteiger partial charge < -0.3 is 5.11 Å². The number of benzene rings is 1. The Morgan fingerprint density at radius 2 is 2.15 bits per heavy atom. The lowest BCUT2D eigenvalue weighted by molar-refractivity contribution is 0.101. The lowest BCUT2D eigenvalue weighted by atomic mass is 10.0. The minimum absolute atomic E-state index is 0.160. The van der Waals surface area contributed by atoms with Gasteiger partial charge in [0.15, 0.2) is 5.78 Å². The van der Waals surface area contributed by atoms with Crippen LogP contribution in [0.4, 0.5) is 4.39 Å². The number of phenolic OH excluding ortho intramolecular Hbond substituents is 1. The van der Waals surface area contributed by atoms with Gasteiger partial charge in [-0.3, -0.25) is 4.79 Å². The summed E-state index contributed by atoms with van der Waals surface area (Å²) in [5.74, 6) is -0.509. The molecule has 0 spiro atoms. The minimum atomic E-state index is -1.26. The van der Waals surface area contributed by atoms with Crippen LogP contribution in [0.25, 0.3) is 0 Å². The zero-order valence-corrected chi connectivity index (χ0v) is 7.54. The molecule has 3 heteroatoms. The summed E-state index contributed by atoms with van der Waals surface area (Å²) in [5, 5.41) is 9.47. The third-order valence-corrected chi connectivity index (χ3v) is 1.88. The molecular formula is C10H11FO2. The topological polar surface area (TPSA) is 37.3 Å². The first kappa shape index (κ1) is 9.71. The van der Waals surface area contributed by atoms with E-state index in [2.05, 4.69) is 0 Å². The van der Waals surface area contributed by atoms with Gasteiger partial charge in [-0.05, 0) is 19.9 Å². The van der Waals surface area contributed by atoms with Gasteiger partial charge in [0.2, 0.25) is 0 Å². The van der Waals surface area contributed by atoms with Crippen molar-refractivity contribution in [3.8, 4) is 5.75 Å². The molecular weight excluding hydrogens is 171 g/mol. The molecule has 13 heavy (non-hydrogen) atoms. The molecule has 1 N–H and O–H groups in total. The number of phenols is 1. The summed E-state index contributed by atoms with van der Waals surface area (Å²) in [6.45, 7) is 2.65. The summed E-state index contributed by atoms with van der Waals surface area (Å²) < 4.78 is 12.9. The summed E-state index contributed by atoms with van der Waals surface area (Å²) in [6, 6.07) is 4.50. The second-order valence-corrected chi connectivity index (χ2v) is 2.92. The monoisotopic (exact) mass is 182 g/mol. The number of hydrogen-bond acceptors (Lipinski definition) is 2. The molecule has 0 fully saturated rings. The van der Waals surface area contributed by atoms with E-state index >= 15 is 0 Å². The number of Topliss-reactive ketones (excluding diaryl/α,β-unsaturated/α-hetero) is 1. The third-order valence-electron chi connectivity index (χ3n) is 1.88. The van der Waals surface area contributed by atoms with E-state index in [9.17, 15) is 14.3 Å². The number of carbonyl (C=O) groups is 1. The van der Waals surface area contributed by atoms with Gasteiger partial charge in [-0.1, -0.05) is 12.1 Å². The molecule has 0 bridgehead atoms. The van der Waals surface area contributed by atoms with Gasteiger partial charge in [0, 0.05) is 5.56 Å². The maximum absolute atomic E-state index is 12.9. The molecule has 0 saturated heterocycles. The van der Waals surface area contributed by atoms with Crippen LogP contribution in [0.15, 0.2) is 18.2 Å². The fourth-order valence-corrected chi connectivity index (χ4v) is 1.17. The van der Waals surface area contributed by atoms with Gasteiger partial charge >= 0.3 is 0 Å². The SMILES string of the molecule is CC(=O)c1cccc(C(C)F)c1O. The fraction of sp³-hybridized carbons (Fsp3) is 0.300. The van der Waals surface area contributed by atoms with Crippen molar-refractivity contribution in [2.75, 3.05) is 0 Å². The Morgan fingerprint density at radius 1 is 1.54 bits per heavy atom. The summed E-state index contributed by atoms with van der Waals surface area (Å²) in [5.41, 5.74) is 0.328. The number of ketones is 1. The molecule has 0 aliphatic rings. The van der Waals surface area contributed by atoms with Crippen LogP contribution in [0.2, 0.25) is 0 Å². The molecule has 0 heterocycles. The molecule has 0 aromatic heterocycles. The van der Waals surface area contributed by atoms with Crippen LogP contribution < -0.4 is 0 Å². The van der Waals surface area contributed by atoms with E-state index in [0.29, 0.717) is 0 Å². The number of alkyl halides is 1. The van der Waals surface area contributed by atoms with Crippen molar-refractivity contribution in [1.29, 1.82) is 0 Å². The van der Waals surface area contributed by atoms with E-state index in [1.54, 1.807) is 6.07 Å². The molecule has 1 aromatic carbocycles. The highest BCUT2D eigenvalue weighted by Gasteiger charge is 2.14. The quantitative estimate of drug-likeness (QED) is 0.714. The lowest BCUT2D eigenvalue weighted by Crippen LogP contribution is -1.96. The van der Waals surface area contributed by atoms with E-state index in [1.807, 2.05) is 0 Å². The van der Waals surface area contributed by atoms with E-state index in [1.165, 1.54) is 26.0 Å². The molecule has 1 unspecified atom stereocenters. The zero-order valence-electron chi connectivity index (χ0n) is 7.54. The molecule has 0 aliphatic heterocycles. The molecule has 1 aromatic rings. The van der Waals surface area contributed by atoms with Crippen molar-refractivity contribution >= 4 is 5.78 Å². The summed E-state index contributed by atoms with van der Waals surface area (Å²) in [7, 11) is 0. The number of carbonyl (C=O) groups excluding carboxylic acids is 1. The first-order valence-corrected chi connectivity index (χ1v) is 4.01. The summed E-state index contributed by atoms with van der Waals surface area (Å²) in [6.07, 6.45) is -1.26. The van der Waals surface area contributed by atoms with Crippen LogP contribution in [0.3, 0.4) is 0 Å². The van der Waals surface area contributed by atoms with Crippen LogP contribution in [0, 0.1) is 0 Å². The highest BCUT2D eigenvalue weighted by molar-refractivity contribution is 5.97. The second-order valence-electron chi connectivity index (χ2n) is 2.92. The molecule has 0 saturated carbocycles. The standard InChI is InChI=1S/C10H11FO2/c1-6(11)8-4-3-5-9(7(2)12)10(8)13/h3-6,13H,1-2H3. The van der Waals surface area contributed by atoms with Crippen LogP contribution in [0.1, 0.15) is 35.9 Å². The third kappa shape index (κ3) is 1.86. The summed E-state index contributed by atoms with van der Waals surface area (Å²) >= 11 is 0. The molecule has 1 rings (SSSR count). The molecule has 0 radical (unpaired) electrons. The van der Waals surface area contributed by atoms with Gasteiger partial charge in [0.25, 0.3) is 0 Å². The first-order valence-electron chi connectivity index (χ1n) is 4.01. The van der Waals surface area contributed by atoms with Crippen LogP contribution in [-0.4, -0.2) is 10.9 Å². The molecule has 70 valence electrons. The van der Waals surface area contributed by atoms with Gasteiger partial charge in [-0.2, -0.15) is 0 Å². The average Bonchev–Trinajstić information content (AvgIpc) is 2.03. The Labute approximate surface area is 76.0 Å². The second kappa shape index (κ2) is 3.56. The highest BCUT2D eigenvalue weighted by atomic mass is 19.1. The molecule has 2 nitrogen and oxygen atoms in total. The zero-order chi connectivity index (χ0) is 10.0. The molecule has 0 amide bonds.